The lowest BCUT2D eigenvalue weighted by molar-refractivity contribution is -0.182. The highest BCUT2D eigenvalue weighted by Gasteiger charge is 2.57. The van der Waals surface area contributed by atoms with Gasteiger partial charge in [-0.2, -0.15) is 17.2 Å². The van der Waals surface area contributed by atoms with Crippen LogP contribution in [0.25, 0.3) is 0 Å². The van der Waals surface area contributed by atoms with Crippen LogP contribution in [0.1, 0.15) is 38.5 Å². The molecule has 25 heavy (non-hydrogen) atoms. The quantitative estimate of drug-likeness (QED) is 0.534. The van der Waals surface area contributed by atoms with Crippen molar-refractivity contribution < 1.29 is 40.8 Å². The molecule has 4 aliphatic carbocycles. The van der Waals surface area contributed by atoms with Gasteiger partial charge in [0.05, 0.1) is 18.1 Å². The summed E-state index contributed by atoms with van der Waals surface area (Å²) in [6.07, 6.45) is -0.826. The third-order valence-corrected chi connectivity index (χ3v) is 6.78. The van der Waals surface area contributed by atoms with Crippen LogP contribution in [0.5, 0.6) is 0 Å². The van der Waals surface area contributed by atoms with Crippen LogP contribution in [-0.4, -0.2) is 47.7 Å². The van der Waals surface area contributed by atoms with Gasteiger partial charge in [0.25, 0.3) is 0 Å². The summed E-state index contributed by atoms with van der Waals surface area (Å²) < 4.78 is 73.8. The van der Waals surface area contributed by atoms with Crippen molar-refractivity contribution in [2.75, 3.05) is 6.61 Å². The molecule has 0 aromatic carbocycles. The van der Waals surface area contributed by atoms with E-state index in [0.717, 1.165) is 19.3 Å². The molecule has 0 aromatic heterocycles. The van der Waals surface area contributed by atoms with Gasteiger partial charge in [-0.1, -0.05) is 0 Å². The van der Waals surface area contributed by atoms with Gasteiger partial charge in [-0.15, -0.1) is 0 Å². The molecule has 3 atom stereocenters. The number of alkyl halides is 3. The molecule has 10 heteroatoms. The molecule has 4 rings (SSSR count). The van der Waals surface area contributed by atoms with Crippen LogP contribution >= 0.6 is 0 Å². The molecule has 3 unspecified atom stereocenters. The first-order valence-electron chi connectivity index (χ1n) is 8.31. The molecular weight excluding hydrogens is 365 g/mol. The third-order valence-electron chi connectivity index (χ3n) is 5.84. The summed E-state index contributed by atoms with van der Waals surface area (Å²) >= 11 is 0. The van der Waals surface area contributed by atoms with Crippen LogP contribution in [0.15, 0.2) is 0 Å². The summed E-state index contributed by atoms with van der Waals surface area (Å²) in [7, 11) is -5.87. The number of hydrogen-bond donors (Lipinski definition) is 2. The first kappa shape index (κ1) is 18.9. The number of ether oxygens (including phenoxy) is 1. The van der Waals surface area contributed by atoms with E-state index < -0.39 is 52.1 Å². The lowest BCUT2D eigenvalue weighted by Gasteiger charge is -2.57. The first-order chi connectivity index (χ1) is 11.4. The number of carbonyl (C=O) groups is 1. The normalized spacial score (nSPS) is 38.6. The fourth-order valence-electron chi connectivity index (χ4n) is 5.06. The van der Waals surface area contributed by atoms with Crippen molar-refractivity contribution in [3.8, 4) is 0 Å². The van der Waals surface area contributed by atoms with Crippen LogP contribution < -0.4 is 0 Å². The minimum atomic E-state index is -5.87. The summed E-state index contributed by atoms with van der Waals surface area (Å²) in [6, 6.07) is 0. The maximum atomic E-state index is 13.4. The molecule has 0 aliphatic heterocycles. The molecule has 0 spiro atoms. The zero-order chi connectivity index (χ0) is 18.6. The zero-order valence-electron chi connectivity index (χ0n) is 13.4. The molecular formula is C15H21F3O6S. The fraction of sp³-hybridized carbons (Fsp3) is 0.933. The number of halogens is 3. The molecule has 0 aromatic rings. The molecule has 0 heterocycles. The molecule has 6 nitrogen and oxygen atoms in total. The van der Waals surface area contributed by atoms with Gasteiger partial charge in [-0.25, -0.2) is 4.39 Å². The molecule has 4 fully saturated rings. The Morgan fingerprint density at radius 1 is 1.24 bits per heavy atom. The number of carbonyl (C=O) groups excluding carboxylic acids is 1. The monoisotopic (exact) mass is 386 g/mol. The van der Waals surface area contributed by atoms with Gasteiger partial charge < -0.3 is 9.84 Å². The van der Waals surface area contributed by atoms with Crippen LogP contribution in [0.2, 0.25) is 0 Å². The van der Waals surface area contributed by atoms with Crippen molar-refractivity contribution in [3.05, 3.63) is 0 Å². The highest BCUT2D eigenvalue weighted by Crippen LogP contribution is 2.58. The molecule has 0 saturated heterocycles. The third kappa shape index (κ3) is 3.40. The Morgan fingerprint density at radius 3 is 2.28 bits per heavy atom. The van der Waals surface area contributed by atoms with Crippen molar-refractivity contribution in [1.29, 1.82) is 0 Å². The Hall–Kier alpha value is -0.870. The minimum Gasteiger partial charge on any atom is -0.465 e. The Morgan fingerprint density at radius 2 is 1.80 bits per heavy atom. The lowest BCUT2D eigenvalue weighted by Crippen LogP contribution is -2.56. The predicted molar refractivity (Wildman–Crippen MR) is 79.0 cm³/mol. The van der Waals surface area contributed by atoms with Gasteiger partial charge in [0.1, 0.15) is 0 Å². The second kappa shape index (κ2) is 6.09. The van der Waals surface area contributed by atoms with Gasteiger partial charge in [0, 0.05) is 6.42 Å². The van der Waals surface area contributed by atoms with Crippen molar-refractivity contribution >= 4 is 16.1 Å². The largest absolute Gasteiger partial charge is 0.465 e. The molecule has 4 aliphatic rings. The summed E-state index contributed by atoms with van der Waals surface area (Å²) in [4.78, 5) is 12.3. The van der Waals surface area contributed by atoms with Crippen molar-refractivity contribution in [1.82, 2.24) is 0 Å². The Labute approximate surface area is 143 Å². The summed E-state index contributed by atoms with van der Waals surface area (Å²) in [6.45, 7) is -0.700. The zero-order valence-corrected chi connectivity index (χ0v) is 14.2. The van der Waals surface area contributed by atoms with Crippen molar-refractivity contribution in [2.45, 2.75) is 55.6 Å². The van der Waals surface area contributed by atoms with Gasteiger partial charge >= 0.3 is 21.3 Å². The molecule has 4 saturated carbocycles. The summed E-state index contributed by atoms with van der Waals surface area (Å²) in [5.41, 5.74) is -0.727. The van der Waals surface area contributed by atoms with Crippen LogP contribution in [0, 0.1) is 23.7 Å². The molecule has 0 radical (unpaired) electrons. The Bertz CT molecular complexity index is 636. The Kier molecular flexibility index (Phi) is 4.61. The standard InChI is InChI=1S/C15H21F3O6S/c16-11(15(17,18)25(21,22)23)1-2-24-13(19)12-9-3-8-4-10(12)7-14(20,5-8)6-9/h8-12,20H,1-7H2,(H,21,22,23). The highest BCUT2D eigenvalue weighted by atomic mass is 32.2. The first-order valence-corrected chi connectivity index (χ1v) is 9.75. The predicted octanol–water partition coefficient (Wildman–Crippen LogP) is 1.93. The van der Waals surface area contributed by atoms with E-state index in [1.165, 1.54) is 0 Å². The average Bonchev–Trinajstić information content (AvgIpc) is 2.43. The molecule has 144 valence electrons. The van der Waals surface area contributed by atoms with E-state index in [2.05, 4.69) is 0 Å². The average molecular weight is 386 g/mol. The van der Waals surface area contributed by atoms with Gasteiger partial charge in [0.2, 0.25) is 0 Å². The number of aliphatic hydroxyl groups is 1. The summed E-state index contributed by atoms with van der Waals surface area (Å²) in [5, 5.41) is 5.51. The van der Waals surface area contributed by atoms with Crippen molar-refractivity contribution in [2.24, 2.45) is 23.7 Å². The molecule has 2 N–H and O–H groups in total. The lowest BCUT2D eigenvalue weighted by atomic mass is 9.50. The van der Waals surface area contributed by atoms with E-state index in [0.29, 0.717) is 18.8 Å². The second-order valence-electron chi connectivity index (χ2n) is 7.68. The van der Waals surface area contributed by atoms with E-state index in [4.69, 9.17) is 9.29 Å². The SMILES string of the molecule is O=C(OCCC(F)C(F)(F)S(=O)(=O)O)C1C2CC3CC1CC(O)(C3)C2. The van der Waals surface area contributed by atoms with Crippen LogP contribution in [-0.2, 0) is 19.6 Å². The van der Waals surface area contributed by atoms with Crippen LogP contribution in [0.4, 0.5) is 13.2 Å². The van der Waals surface area contributed by atoms with Crippen LogP contribution in [0.3, 0.4) is 0 Å². The maximum Gasteiger partial charge on any atom is 0.400 e. The second-order valence-corrected chi connectivity index (χ2v) is 9.18. The minimum absolute atomic E-state index is 0.0239. The van der Waals surface area contributed by atoms with E-state index in [1.807, 2.05) is 0 Å². The Balaban J connectivity index is 1.54. The topological polar surface area (TPSA) is 101 Å². The maximum absolute atomic E-state index is 13.4. The number of rotatable bonds is 6. The van der Waals surface area contributed by atoms with Gasteiger partial charge in [-0.05, 0) is 49.9 Å². The van der Waals surface area contributed by atoms with E-state index in [-0.39, 0.29) is 11.8 Å². The van der Waals surface area contributed by atoms with E-state index in [9.17, 15) is 31.5 Å². The van der Waals surface area contributed by atoms with E-state index in [1.54, 1.807) is 0 Å². The number of esters is 1. The molecule has 4 bridgehead atoms. The van der Waals surface area contributed by atoms with E-state index >= 15 is 0 Å². The summed E-state index contributed by atoms with van der Waals surface area (Å²) in [5.74, 6) is -0.708. The van der Waals surface area contributed by atoms with Crippen molar-refractivity contribution in [3.63, 3.8) is 0 Å². The number of hydrogen-bond acceptors (Lipinski definition) is 5. The molecule has 0 amide bonds. The smallest absolute Gasteiger partial charge is 0.400 e. The van der Waals surface area contributed by atoms with Gasteiger partial charge in [-0.3, -0.25) is 9.35 Å². The van der Waals surface area contributed by atoms with Gasteiger partial charge in [0.15, 0.2) is 6.17 Å². The highest BCUT2D eigenvalue weighted by molar-refractivity contribution is 7.86. The fourth-order valence-corrected chi connectivity index (χ4v) is 5.50.